The summed E-state index contributed by atoms with van der Waals surface area (Å²) in [5.41, 5.74) is 0.504. The van der Waals surface area contributed by atoms with Crippen LogP contribution >= 0.6 is 11.6 Å². The highest BCUT2D eigenvalue weighted by Crippen LogP contribution is 2.43. The maximum absolute atomic E-state index is 12.7. The van der Waals surface area contributed by atoms with Crippen LogP contribution in [0.4, 0.5) is 0 Å². The lowest BCUT2D eigenvalue weighted by Gasteiger charge is -2.37. The molecule has 2 aliphatic rings. The number of amides is 1. The van der Waals surface area contributed by atoms with Gasteiger partial charge in [-0.25, -0.2) is 0 Å². The number of hydrogen-bond acceptors (Lipinski definition) is 3. The van der Waals surface area contributed by atoms with Crippen LogP contribution < -0.4 is 10.6 Å². The number of aliphatic hydroxyl groups is 1. The van der Waals surface area contributed by atoms with E-state index >= 15 is 0 Å². The van der Waals surface area contributed by atoms with Crippen molar-refractivity contribution in [2.24, 2.45) is 11.3 Å². The summed E-state index contributed by atoms with van der Waals surface area (Å²) in [5, 5.41) is 17.2. The van der Waals surface area contributed by atoms with Crippen molar-refractivity contribution in [2.75, 3.05) is 19.6 Å². The minimum absolute atomic E-state index is 0.0928. The third kappa shape index (κ3) is 3.00. The minimum Gasteiger partial charge on any atom is -0.387 e. The van der Waals surface area contributed by atoms with Crippen molar-refractivity contribution < 1.29 is 9.90 Å². The van der Waals surface area contributed by atoms with Crippen LogP contribution in [0, 0.1) is 11.3 Å². The summed E-state index contributed by atoms with van der Waals surface area (Å²) in [6.07, 6.45) is 3.71. The topological polar surface area (TPSA) is 61.4 Å². The highest BCUT2D eigenvalue weighted by Gasteiger charge is 2.49. The normalized spacial score (nSPS) is 28.9. The van der Waals surface area contributed by atoms with E-state index in [4.69, 9.17) is 11.6 Å². The third-order valence-electron chi connectivity index (χ3n) is 5.20. The number of hydrogen-bond donors (Lipinski definition) is 3. The quantitative estimate of drug-likeness (QED) is 0.797. The van der Waals surface area contributed by atoms with E-state index in [0.29, 0.717) is 10.9 Å². The first-order chi connectivity index (χ1) is 10.6. The number of aliphatic hydroxyl groups excluding tert-OH is 1. The molecule has 1 amide bonds. The molecule has 4 nitrogen and oxygen atoms in total. The second kappa shape index (κ2) is 6.57. The maximum Gasteiger partial charge on any atom is 0.227 e. The Balaban J connectivity index is 1.61. The number of carbonyl (C=O) groups excluding carboxylic acids is 1. The van der Waals surface area contributed by atoms with Gasteiger partial charge in [0.25, 0.3) is 0 Å². The molecular weight excluding hydrogens is 300 g/mol. The van der Waals surface area contributed by atoms with Crippen LogP contribution in [0.3, 0.4) is 0 Å². The first-order valence-corrected chi connectivity index (χ1v) is 8.42. The van der Waals surface area contributed by atoms with Gasteiger partial charge in [-0.05, 0) is 43.0 Å². The number of halogens is 1. The van der Waals surface area contributed by atoms with Crippen molar-refractivity contribution in [1.82, 2.24) is 10.6 Å². The zero-order valence-corrected chi connectivity index (χ0v) is 13.4. The van der Waals surface area contributed by atoms with Crippen molar-refractivity contribution in [2.45, 2.75) is 31.8 Å². The SMILES string of the molecule is O=C(NCC(O)c1ccc(Cl)cc1)[C@@]12CCCC[C@H]1CNC2. The van der Waals surface area contributed by atoms with Gasteiger partial charge in [0.05, 0.1) is 11.5 Å². The standard InChI is InChI=1S/C17H23ClN2O2/c18-14-6-4-12(5-7-14)15(21)10-20-16(22)17-8-2-1-3-13(17)9-19-11-17/h4-7,13,15,19,21H,1-3,8-11H2,(H,20,22)/t13-,15?,17+/m0/s1. The molecule has 0 spiro atoms. The first-order valence-electron chi connectivity index (χ1n) is 8.04. The van der Waals surface area contributed by atoms with Gasteiger partial charge in [0.2, 0.25) is 5.91 Å². The fourth-order valence-electron chi connectivity index (χ4n) is 3.86. The van der Waals surface area contributed by atoms with Gasteiger partial charge in [-0.15, -0.1) is 0 Å². The van der Waals surface area contributed by atoms with Gasteiger partial charge in [0.15, 0.2) is 0 Å². The fourth-order valence-corrected chi connectivity index (χ4v) is 3.98. The van der Waals surface area contributed by atoms with Crippen molar-refractivity contribution in [3.63, 3.8) is 0 Å². The zero-order valence-electron chi connectivity index (χ0n) is 12.6. The zero-order chi connectivity index (χ0) is 15.6. The Bertz CT molecular complexity index is 534. The number of carbonyl (C=O) groups is 1. The van der Waals surface area contributed by atoms with E-state index in [9.17, 15) is 9.90 Å². The molecule has 1 saturated carbocycles. The van der Waals surface area contributed by atoms with Gasteiger partial charge in [0, 0.05) is 18.1 Å². The smallest absolute Gasteiger partial charge is 0.227 e. The molecule has 2 fully saturated rings. The summed E-state index contributed by atoms with van der Waals surface area (Å²) in [7, 11) is 0. The number of fused-ring (bicyclic) bond motifs is 1. The van der Waals surface area contributed by atoms with Gasteiger partial charge in [-0.1, -0.05) is 36.6 Å². The van der Waals surface area contributed by atoms with Crippen LogP contribution in [0.15, 0.2) is 24.3 Å². The van der Waals surface area contributed by atoms with E-state index in [-0.39, 0.29) is 17.9 Å². The van der Waals surface area contributed by atoms with Crippen molar-refractivity contribution in [3.8, 4) is 0 Å². The van der Waals surface area contributed by atoms with Crippen LogP contribution in [0.5, 0.6) is 0 Å². The van der Waals surface area contributed by atoms with Crippen molar-refractivity contribution in [1.29, 1.82) is 0 Å². The lowest BCUT2D eigenvalue weighted by atomic mass is 9.67. The molecule has 0 radical (unpaired) electrons. The molecule has 120 valence electrons. The van der Waals surface area contributed by atoms with E-state index in [1.54, 1.807) is 24.3 Å². The van der Waals surface area contributed by atoms with Gasteiger partial charge >= 0.3 is 0 Å². The first kappa shape index (κ1) is 15.8. The Morgan fingerprint density at radius 2 is 2.18 bits per heavy atom. The van der Waals surface area contributed by atoms with E-state index in [1.807, 2.05) is 0 Å². The molecule has 1 aromatic rings. The second-order valence-corrected chi connectivity index (χ2v) is 6.94. The molecule has 0 aromatic heterocycles. The van der Waals surface area contributed by atoms with Crippen LogP contribution in [0.1, 0.15) is 37.4 Å². The van der Waals surface area contributed by atoms with Gasteiger partial charge in [-0.3, -0.25) is 4.79 Å². The number of nitrogens with one attached hydrogen (secondary N) is 2. The Morgan fingerprint density at radius 1 is 1.41 bits per heavy atom. The number of rotatable bonds is 4. The van der Waals surface area contributed by atoms with E-state index in [0.717, 1.165) is 37.9 Å². The fraction of sp³-hybridized carbons (Fsp3) is 0.588. The molecule has 1 aromatic carbocycles. The molecule has 22 heavy (non-hydrogen) atoms. The predicted molar refractivity (Wildman–Crippen MR) is 86.7 cm³/mol. The highest BCUT2D eigenvalue weighted by atomic mass is 35.5. The summed E-state index contributed by atoms with van der Waals surface area (Å²) in [6, 6.07) is 7.08. The Kier molecular flexibility index (Phi) is 4.71. The Hall–Kier alpha value is -1.10. The van der Waals surface area contributed by atoms with Crippen molar-refractivity contribution >= 4 is 17.5 Å². The number of benzene rings is 1. The average molecular weight is 323 g/mol. The molecule has 5 heteroatoms. The molecule has 1 aliphatic heterocycles. The maximum atomic E-state index is 12.7. The molecular formula is C17H23ClN2O2. The molecule has 1 heterocycles. The van der Waals surface area contributed by atoms with E-state index in [2.05, 4.69) is 10.6 Å². The van der Waals surface area contributed by atoms with Crippen molar-refractivity contribution in [3.05, 3.63) is 34.9 Å². The largest absolute Gasteiger partial charge is 0.387 e. The molecule has 1 aliphatic carbocycles. The summed E-state index contributed by atoms with van der Waals surface area (Å²) < 4.78 is 0. The Morgan fingerprint density at radius 3 is 2.95 bits per heavy atom. The summed E-state index contributed by atoms with van der Waals surface area (Å²) in [6.45, 7) is 1.95. The predicted octanol–water partition coefficient (Wildman–Crippen LogP) is 2.27. The molecule has 3 rings (SSSR count). The average Bonchev–Trinajstić information content (AvgIpc) is 2.98. The lowest BCUT2D eigenvalue weighted by Crippen LogP contribution is -2.48. The summed E-state index contributed by atoms with van der Waals surface area (Å²) in [5.74, 6) is 0.532. The van der Waals surface area contributed by atoms with E-state index in [1.165, 1.54) is 6.42 Å². The lowest BCUT2D eigenvalue weighted by molar-refractivity contribution is -0.134. The summed E-state index contributed by atoms with van der Waals surface area (Å²) in [4.78, 5) is 12.7. The molecule has 0 bridgehead atoms. The van der Waals surface area contributed by atoms with Crippen LogP contribution in [-0.4, -0.2) is 30.6 Å². The molecule has 1 unspecified atom stereocenters. The van der Waals surface area contributed by atoms with Gasteiger partial charge in [-0.2, -0.15) is 0 Å². The summed E-state index contributed by atoms with van der Waals surface area (Å²) >= 11 is 5.85. The molecule has 3 atom stereocenters. The third-order valence-corrected chi connectivity index (χ3v) is 5.45. The van der Waals surface area contributed by atoms with E-state index < -0.39 is 6.10 Å². The van der Waals surface area contributed by atoms with Gasteiger partial charge < -0.3 is 15.7 Å². The Labute approximate surface area is 136 Å². The molecule has 1 saturated heterocycles. The highest BCUT2D eigenvalue weighted by molar-refractivity contribution is 6.30. The minimum atomic E-state index is -0.700. The monoisotopic (exact) mass is 322 g/mol. The second-order valence-electron chi connectivity index (χ2n) is 6.51. The van der Waals surface area contributed by atoms with Crippen LogP contribution in [-0.2, 0) is 4.79 Å². The van der Waals surface area contributed by atoms with Gasteiger partial charge in [0.1, 0.15) is 0 Å². The van der Waals surface area contributed by atoms with Crippen LogP contribution in [0.2, 0.25) is 5.02 Å². The van der Waals surface area contributed by atoms with Crippen LogP contribution in [0.25, 0.3) is 0 Å². The molecule has 3 N–H and O–H groups in total.